The van der Waals surface area contributed by atoms with Crippen molar-refractivity contribution in [2.75, 3.05) is 19.8 Å². The van der Waals surface area contributed by atoms with Crippen LogP contribution in [0.1, 0.15) is 24.8 Å². The summed E-state index contributed by atoms with van der Waals surface area (Å²) in [5, 5.41) is 0.288. The van der Waals surface area contributed by atoms with Crippen molar-refractivity contribution >= 4 is 29.0 Å². The quantitative estimate of drug-likeness (QED) is 0.584. The fourth-order valence-electron chi connectivity index (χ4n) is 3.24. The van der Waals surface area contributed by atoms with Gasteiger partial charge in [0.05, 0.1) is 18.2 Å². The van der Waals surface area contributed by atoms with Crippen LogP contribution in [0.3, 0.4) is 0 Å². The summed E-state index contributed by atoms with van der Waals surface area (Å²) >= 11 is 12.1. The van der Waals surface area contributed by atoms with Gasteiger partial charge in [0.15, 0.2) is 5.78 Å². The maximum absolute atomic E-state index is 14.9. The second kappa shape index (κ2) is 9.14. The van der Waals surface area contributed by atoms with Crippen LogP contribution < -0.4 is 10.5 Å². The van der Waals surface area contributed by atoms with Crippen LogP contribution in [-0.2, 0) is 9.53 Å². The second-order valence-electron chi connectivity index (χ2n) is 7.38. The van der Waals surface area contributed by atoms with E-state index in [9.17, 15) is 18.0 Å². The minimum absolute atomic E-state index is 0.00759. The van der Waals surface area contributed by atoms with E-state index in [1.165, 1.54) is 24.3 Å². The van der Waals surface area contributed by atoms with Crippen molar-refractivity contribution in [2.24, 2.45) is 5.73 Å². The predicted octanol–water partition coefficient (Wildman–Crippen LogP) is 5.23. The molecule has 0 spiro atoms. The van der Waals surface area contributed by atoms with Gasteiger partial charge in [-0.3, -0.25) is 4.79 Å². The van der Waals surface area contributed by atoms with Crippen LogP contribution >= 0.6 is 23.2 Å². The Morgan fingerprint density at radius 3 is 2.53 bits per heavy atom. The molecule has 1 aliphatic rings. The van der Waals surface area contributed by atoms with Crippen molar-refractivity contribution in [2.45, 2.75) is 31.2 Å². The molecule has 2 aromatic rings. The van der Waals surface area contributed by atoms with Gasteiger partial charge in [-0.2, -0.15) is 0 Å². The number of carbonyl (C=O) groups is 1. The molecule has 0 aromatic heterocycles. The van der Waals surface area contributed by atoms with Crippen LogP contribution in [0.5, 0.6) is 5.75 Å². The van der Waals surface area contributed by atoms with Crippen molar-refractivity contribution in [1.29, 1.82) is 0 Å². The predicted molar refractivity (Wildman–Crippen MR) is 109 cm³/mol. The van der Waals surface area contributed by atoms with Gasteiger partial charge in [0.2, 0.25) is 0 Å². The van der Waals surface area contributed by atoms with Gasteiger partial charge in [-0.05, 0) is 35.2 Å². The van der Waals surface area contributed by atoms with E-state index >= 15 is 0 Å². The molecular formula is C21H20Cl2F3NO3. The number of alkyl halides is 2. The molecule has 9 heteroatoms. The van der Waals surface area contributed by atoms with Gasteiger partial charge in [0, 0.05) is 17.0 Å². The Morgan fingerprint density at radius 1 is 1.27 bits per heavy atom. The maximum atomic E-state index is 14.9. The first kappa shape index (κ1) is 22.9. The first-order valence-electron chi connectivity index (χ1n) is 9.20. The van der Waals surface area contributed by atoms with Gasteiger partial charge in [0.25, 0.3) is 6.43 Å². The fourth-order valence-corrected chi connectivity index (χ4v) is 3.78. The molecular weight excluding hydrogens is 442 g/mol. The zero-order valence-corrected chi connectivity index (χ0v) is 17.6. The third kappa shape index (κ3) is 4.91. The first-order chi connectivity index (χ1) is 14.1. The van der Waals surface area contributed by atoms with Crippen molar-refractivity contribution < 1.29 is 27.4 Å². The van der Waals surface area contributed by atoms with E-state index in [-0.39, 0.29) is 46.8 Å². The standard InChI is InChI=1S/C21H20Cl2F3NO3/c1-11(4-18(28)21(27)9-29-10-21)14-3-2-12(5-17(14)24)15-6-13(22)7-16(23)20(15)30-8-19(25)26/h2-3,5-7,11,19H,4,8-10,27H2,1H3/t11-/m0/s1. The van der Waals surface area contributed by atoms with Crippen LogP contribution in [0, 0.1) is 5.82 Å². The average Bonchev–Trinajstić information content (AvgIpc) is 2.64. The van der Waals surface area contributed by atoms with Crippen molar-refractivity contribution in [3.63, 3.8) is 0 Å². The number of halogens is 5. The van der Waals surface area contributed by atoms with Gasteiger partial charge in [-0.25, -0.2) is 13.2 Å². The molecule has 1 saturated heterocycles. The molecule has 0 bridgehead atoms. The van der Waals surface area contributed by atoms with Crippen LogP contribution in [0.4, 0.5) is 13.2 Å². The molecule has 1 fully saturated rings. The number of ketones is 1. The highest BCUT2D eigenvalue weighted by Gasteiger charge is 2.41. The molecule has 0 saturated carbocycles. The fraction of sp³-hybridized carbons (Fsp3) is 0.381. The van der Waals surface area contributed by atoms with E-state index in [4.69, 9.17) is 38.4 Å². The lowest BCUT2D eigenvalue weighted by atomic mass is 9.84. The molecule has 2 N–H and O–H groups in total. The number of rotatable bonds is 8. The summed E-state index contributed by atoms with van der Waals surface area (Å²) in [7, 11) is 0. The minimum Gasteiger partial charge on any atom is -0.485 e. The zero-order valence-electron chi connectivity index (χ0n) is 16.1. The molecule has 0 radical (unpaired) electrons. The molecule has 3 rings (SSSR count). The van der Waals surface area contributed by atoms with Crippen LogP contribution in [0.2, 0.25) is 10.0 Å². The molecule has 162 valence electrons. The molecule has 0 aliphatic carbocycles. The SMILES string of the molecule is C[C@@H](CC(=O)C1(N)COC1)c1ccc(-c2cc(Cl)cc(Cl)c2OCC(F)F)cc1F. The summed E-state index contributed by atoms with van der Waals surface area (Å²) in [6.45, 7) is 1.19. The lowest BCUT2D eigenvalue weighted by molar-refractivity contribution is -0.141. The first-order valence-corrected chi connectivity index (χ1v) is 9.96. The van der Waals surface area contributed by atoms with Crippen LogP contribution in [0.25, 0.3) is 11.1 Å². The van der Waals surface area contributed by atoms with E-state index in [2.05, 4.69) is 0 Å². The summed E-state index contributed by atoms with van der Waals surface area (Å²) in [4.78, 5) is 12.3. The van der Waals surface area contributed by atoms with Crippen LogP contribution in [-0.4, -0.2) is 37.6 Å². The smallest absolute Gasteiger partial charge is 0.272 e. The zero-order chi connectivity index (χ0) is 22.1. The molecule has 0 amide bonds. The summed E-state index contributed by atoms with van der Waals surface area (Å²) in [5.74, 6) is -1.16. The summed E-state index contributed by atoms with van der Waals surface area (Å²) in [5.41, 5.74) is 5.92. The summed E-state index contributed by atoms with van der Waals surface area (Å²) in [6.07, 6.45) is -2.63. The Morgan fingerprint density at radius 2 is 1.97 bits per heavy atom. The maximum Gasteiger partial charge on any atom is 0.272 e. The third-order valence-corrected chi connectivity index (χ3v) is 5.47. The minimum atomic E-state index is -2.70. The van der Waals surface area contributed by atoms with E-state index in [0.29, 0.717) is 11.1 Å². The topological polar surface area (TPSA) is 61.6 Å². The van der Waals surface area contributed by atoms with E-state index in [1.54, 1.807) is 13.0 Å². The third-order valence-electron chi connectivity index (χ3n) is 4.97. The van der Waals surface area contributed by atoms with Gasteiger partial charge in [-0.1, -0.05) is 42.3 Å². The number of nitrogens with two attached hydrogens (primary N) is 1. The van der Waals surface area contributed by atoms with Gasteiger partial charge in [-0.15, -0.1) is 0 Å². The van der Waals surface area contributed by atoms with E-state index in [0.717, 1.165) is 0 Å². The van der Waals surface area contributed by atoms with Crippen molar-refractivity contribution in [3.8, 4) is 16.9 Å². The Bertz CT molecular complexity index is 951. The normalized spacial score (nSPS) is 16.3. The second-order valence-corrected chi connectivity index (χ2v) is 8.22. The van der Waals surface area contributed by atoms with Gasteiger partial charge >= 0.3 is 0 Å². The number of ether oxygens (including phenoxy) is 2. The highest BCUT2D eigenvalue weighted by molar-refractivity contribution is 6.36. The van der Waals surface area contributed by atoms with Crippen LogP contribution in [0.15, 0.2) is 30.3 Å². The lowest BCUT2D eigenvalue weighted by Crippen LogP contribution is -2.63. The summed E-state index contributed by atoms with van der Waals surface area (Å²) < 4.78 is 50.2. The average molecular weight is 462 g/mol. The van der Waals surface area contributed by atoms with Gasteiger partial charge in [0.1, 0.15) is 23.7 Å². The van der Waals surface area contributed by atoms with E-state index in [1.807, 2.05) is 0 Å². The molecule has 1 heterocycles. The molecule has 0 unspecified atom stereocenters. The Hall–Kier alpha value is -1.80. The Kier molecular flexibility index (Phi) is 6.97. The monoisotopic (exact) mass is 461 g/mol. The highest BCUT2D eigenvalue weighted by atomic mass is 35.5. The number of carbonyl (C=O) groups excluding carboxylic acids is 1. The number of hydrogen-bond donors (Lipinski definition) is 1. The van der Waals surface area contributed by atoms with Crippen molar-refractivity contribution in [3.05, 3.63) is 51.8 Å². The van der Waals surface area contributed by atoms with E-state index < -0.39 is 30.3 Å². The molecule has 30 heavy (non-hydrogen) atoms. The largest absolute Gasteiger partial charge is 0.485 e. The molecule has 2 aromatic carbocycles. The molecule has 4 nitrogen and oxygen atoms in total. The highest BCUT2D eigenvalue weighted by Crippen LogP contribution is 2.40. The van der Waals surface area contributed by atoms with Crippen molar-refractivity contribution in [1.82, 2.24) is 0 Å². The number of hydrogen-bond acceptors (Lipinski definition) is 4. The number of Topliss-reactive ketones (excluding diaryl/α,β-unsaturated/α-hetero) is 1. The molecule has 1 atom stereocenters. The molecule has 1 aliphatic heterocycles. The number of benzene rings is 2. The Balaban J connectivity index is 1.87. The summed E-state index contributed by atoms with van der Waals surface area (Å²) in [6, 6.07) is 7.19. The lowest BCUT2D eigenvalue weighted by Gasteiger charge is -2.36. The Labute approximate surface area is 182 Å². The van der Waals surface area contributed by atoms with Gasteiger partial charge < -0.3 is 15.2 Å².